The van der Waals surface area contributed by atoms with Crippen molar-refractivity contribution in [2.75, 3.05) is 7.11 Å². The van der Waals surface area contributed by atoms with E-state index in [0.717, 1.165) is 58.1 Å². The Balaban J connectivity index is 0.972. The molecule has 0 unspecified atom stereocenters. The molecule has 0 spiro atoms. The zero-order valence-corrected chi connectivity index (χ0v) is 29.5. The number of hydrogen-bond acceptors (Lipinski definition) is 6. The first-order valence-corrected chi connectivity index (χ1v) is 17.9. The highest BCUT2D eigenvalue weighted by Gasteiger charge is 2.44. The summed E-state index contributed by atoms with van der Waals surface area (Å²) >= 11 is 0. The average molecular weight is 682 g/mol. The summed E-state index contributed by atoms with van der Waals surface area (Å²) in [6, 6.07) is 21.2. The molecule has 4 heterocycles. The van der Waals surface area contributed by atoms with Gasteiger partial charge in [-0.1, -0.05) is 81.1 Å². The maximum Gasteiger partial charge on any atom is 0.407 e. The standard InChI is InChI=1S/C41H43N7O3/c1-22(2)37(47-41(50)51-5)40(49)48-24(4)23(3)16-36(48)39-43-20-34(46-39)26-8-6-25(7-9-26)27-10-11-29-18-30(13-12-28(29)17-27)35-21-42-38(45-35)33-19-31-14-15-32(31)44-33/h6-13,17-18,20-24,31-33,36-37,44H,16,19H2,1-5H3,(H,42,45)(H,43,46)(H,47,50)/t23-,24-,31-,32-,33+,36+,37+/m1/s1. The monoisotopic (exact) mass is 681 g/mol. The molecule has 0 radical (unpaired) electrons. The molecular weight excluding hydrogens is 638 g/mol. The van der Waals surface area contributed by atoms with Crippen LogP contribution in [0.4, 0.5) is 4.79 Å². The number of aromatic nitrogens is 4. The molecule has 3 aliphatic rings. The maximum absolute atomic E-state index is 13.9. The summed E-state index contributed by atoms with van der Waals surface area (Å²) in [6.45, 7) is 8.06. The summed E-state index contributed by atoms with van der Waals surface area (Å²) in [6.07, 6.45) is 4.94. The summed E-state index contributed by atoms with van der Waals surface area (Å²) in [5.74, 6) is 8.64. The van der Waals surface area contributed by atoms with Crippen molar-refractivity contribution < 1.29 is 14.3 Å². The number of benzene rings is 3. The molecule has 1 aliphatic carbocycles. The number of fused-ring (bicyclic) bond motifs is 2. The van der Waals surface area contributed by atoms with Gasteiger partial charge in [0.15, 0.2) is 0 Å². The second kappa shape index (κ2) is 13.1. The Bertz CT molecular complexity index is 2160. The summed E-state index contributed by atoms with van der Waals surface area (Å²) < 4.78 is 4.80. The van der Waals surface area contributed by atoms with Crippen LogP contribution < -0.4 is 10.6 Å². The van der Waals surface area contributed by atoms with Gasteiger partial charge >= 0.3 is 6.09 Å². The number of nitrogens with zero attached hydrogens (tertiary/aromatic N) is 3. The zero-order chi connectivity index (χ0) is 35.4. The lowest BCUT2D eigenvalue weighted by molar-refractivity contribution is -0.137. The fourth-order valence-electron chi connectivity index (χ4n) is 7.79. The van der Waals surface area contributed by atoms with Crippen molar-refractivity contribution in [2.24, 2.45) is 17.8 Å². The van der Waals surface area contributed by atoms with Gasteiger partial charge in [0, 0.05) is 17.5 Å². The van der Waals surface area contributed by atoms with Gasteiger partial charge in [-0.05, 0) is 71.2 Å². The van der Waals surface area contributed by atoms with Crippen molar-refractivity contribution in [3.63, 3.8) is 0 Å². The fraction of sp³-hybridized carbons (Fsp3) is 0.366. The predicted octanol–water partition coefficient (Wildman–Crippen LogP) is 7.00. The molecule has 5 aromatic rings. The number of hydrogen-bond donors (Lipinski definition) is 4. The first-order chi connectivity index (χ1) is 24.7. The van der Waals surface area contributed by atoms with E-state index in [2.05, 4.69) is 112 Å². The number of carbonyl (C=O) groups is 2. The Hall–Kier alpha value is -5.40. The molecule has 3 aromatic carbocycles. The Morgan fingerprint density at radius 2 is 1.47 bits per heavy atom. The molecule has 10 heteroatoms. The van der Waals surface area contributed by atoms with Gasteiger partial charge in [-0.15, -0.1) is 0 Å². The van der Waals surface area contributed by atoms with Crippen LogP contribution in [0, 0.1) is 29.6 Å². The molecule has 2 saturated heterocycles. The van der Waals surface area contributed by atoms with Gasteiger partial charge in [0.05, 0.1) is 49.0 Å². The van der Waals surface area contributed by atoms with E-state index in [1.54, 1.807) is 0 Å². The van der Waals surface area contributed by atoms with E-state index in [-0.39, 0.29) is 35.9 Å². The van der Waals surface area contributed by atoms with E-state index in [1.807, 2.05) is 31.1 Å². The van der Waals surface area contributed by atoms with Crippen LogP contribution in [0.1, 0.15) is 64.3 Å². The van der Waals surface area contributed by atoms with Gasteiger partial charge in [-0.25, -0.2) is 14.8 Å². The number of amides is 2. The maximum atomic E-state index is 13.9. The van der Waals surface area contributed by atoms with Gasteiger partial charge in [0.25, 0.3) is 0 Å². The number of alkyl carbamates (subject to hydrolysis) is 1. The molecule has 2 amide bonds. The number of imidazole rings is 2. The van der Waals surface area contributed by atoms with Gasteiger partial charge < -0.3 is 24.9 Å². The Morgan fingerprint density at radius 3 is 2.12 bits per heavy atom. The van der Waals surface area contributed by atoms with E-state index in [4.69, 9.17) is 9.72 Å². The summed E-state index contributed by atoms with van der Waals surface area (Å²) in [4.78, 5) is 44.3. The number of methoxy groups -OCH3 is 1. The lowest BCUT2D eigenvalue weighted by Crippen LogP contribution is -2.53. The third kappa shape index (κ3) is 6.06. The van der Waals surface area contributed by atoms with Crippen molar-refractivity contribution in [1.82, 2.24) is 35.5 Å². The van der Waals surface area contributed by atoms with Crippen molar-refractivity contribution in [3.05, 3.63) is 84.7 Å². The van der Waals surface area contributed by atoms with E-state index in [1.165, 1.54) is 17.9 Å². The number of ether oxygens (including phenoxy) is 1. The van der Waals surface area contributed by atoms with Crippen LogP contribution in [-0.4, -0.2) is 62.1 Å². The topological polar surface area (TPSA) is 128 Å². The van der Waals surface area contributed by atoms with Crippen molar-refractivity contribution in [2.45, 2.75) is 70.7 Å². The van der Waals surface area contributed by atoms with Crippen LogP contribution in [0.15, 0.2) is 73.1 Å². The van der Waals surface area contributed by atoms with Crippen LogP contribution in [0.5, 0.6) is 0 Å². The van der Waals surface area contributed by atoms with Crippen molar-refractivity contribution in [1.29, 1.82) is 0 Å². The van der Waals surface area contributed by atoms with E-state index >= 15 is 0 Å². The number of carbonyl (C=O) groups excluding carboxylic acids is 2. The summed E-state index contributed by atoms with van der Waals surface area (Å²) in [5.41, 5.74) is 6.30. The van der Waals surface area contributed by atoms with Gasteiger partial charge in [0.2, 0.25) is 5.91 Å². The molecular formula is C41H43N7O3. The predicted molar refractivity (Wildman–Crippen MR) is 197 cm³/mol. The van der Waals surface area contributed by atoms with Gasteiger partial charge in [-0.2, -0.15) is 0 Å². The van der Waals surface area contributed by atoms with Crippen LogP contribution in [0.3, 0.4) is 0 Å². The highest BCUT2D eigenvalue weighted by atomic mass is 16.5. The van der Waals surface area contributed by atoms with Crippen molar-refractivity contribution in [3.8, 4) is 45.5 Å². The Kier molecular flexibility index (Phi) is 8.39. The van der Waals surface area contributed by atoms with Crippen molar-refractivity contribution >= 4 is 22.8 Å². The second-order valence-electron chi connectivity index (χ2n) is 14.6. The number of rotatable bonds is 8. The lowest BCUT2D eigenvalue weighted by Gasteiger charge is -2.33. The number of H-pyrrole nitrogens is 2. The molecule has 260 valence electrons. The van der Waals surface area contributed by atoms with Crippen LogP contribution in [0.25, 0.3) is 44.4 Å². The quantitative estimate of drug-likeness (QED) is 0.131. The smallest absolute Gasteiger partial charge is 0.407 e. The Morgan fingerprint density at radius 1 is 0.843 bits per heavy atom. The molecule has 10 nitrogen and oxygen atoms in total. The van der Waals surface area contributed by atoms with Crippen LogP contribution in [-0.2, 0) is 9.53 Å². The molecule has 2 aromatic heterocycles. The number of nitrogens with one attached hydrogen (secondary N) is 4. The largest absolute Gasteiger partial charge is 0.453 e. The minimum absolute atomic E-state index is 0.00646. The molecule has 4 N–H and O–H groups in total. The third-order valence-electron chi connectivity index (χ3n) is 11.1. The Labute approximate surface area is 297 Å². The fourth-order valence-corrected chi connectivity index (χ4v) is 7.79. The van der Waals surface area contributed by atoms with Crippen LogP contribution in [0.2, 0.25) is 0 Å². The average Bonchev–Trinajstić information content (AvgIpc) is 3.93. The van der Waals surface area contributed by atoms with Gasteiger partial charge in [0.1, 0.15) is 17.7 Å². The number of aromatic amines is 2. The molecule has 0 bridgehead atoms. The van der Waals surface area contributed by atoms with Crippen LogP contribution >= 0.6 is 0 Å². The molecule has 51 heavy (non-hydrogen) atoms. The molecule has 0 saturated carbocycles. The molecule has 8 rings (SSSR count). The van der Waals surface area contributed by atoms with E-state index in [9.17, 15) is 9.59 Å². The highest BCUT2D eigenvalue weighted by Crippen LogP contribution is 2.40. The SMILES string of the molecule is COC(=O)N[C@H](C(=O)N1[C@H](C)[C@H](C)C[C@H]1c1ncc(-c2ccc(-c3ccc4cc(-c5cnc([C@@H]6C[C@H]7C#C[C@H]7N6)[nH]5)ccc4c3)cc2)[nH]1)C(C)C. The summed E-state index contributed by atoms with van der Waals surface area (Å²) in [5, 5.41) is 8.65. The first kappa shape index (κ1) is 32.8. The second-order valence-corrected chi connectivity index (χ2v) is 14.6. The van der Waals surface area contributed by atoms with E-state index < -0.39 is 12.1 Å². The normalized spacial score (nSPS) is 24.2. The molecule has 7 atom stereocenters. The third-order valence-corrected chi connectivity index (χ3v) is 11.1. The lowest BCUT2D eigenvalue weighted by atomic mass is 9.93. The van der Waals surface area contributed by atoms with Gasteiger partial charge in [-0.3, -0.25) is 10.1 Å². The zero-order valence-electron chi connectivity index (χ0n) is 29.5. The molecule has 2 aliphatic heterocycles. The minimum atomic E-state index is -0.693. The molecule has 2 fully saturated rings. The first-order valence-electron chi connectivity index (χ1n) is 17.9. The summed E-state index contributed by atoms with van der Waals surface area (Å²) in [7, 11) is 1.31. The van der Waals surface area contributed by atoms with E-state index in [0.29, 0.717) is 12.0 Å². The number of likely N-dealkylation sites (tertiary alicyclic amines) is 1. The minimum Gasteiger partial charge on any atom is -0.453 e. The highest BCUT2D eigenvalue weighted by molar-refractivity contribution is 5.91.